The number of amides is 3. The Hall–Kier alpha value is -3.04. The molecule has 3 amide bonds. The number of carbonyl (C=O) groups excluding carboxylic acids is 2. The van der Waals surface area contributed by atoms with Crippen LogP contribution in [0.3, 0.4) is 0 Å². The summed E-state index contributed by atoms with van der Waals surface area (Å²) in [6.45, 7) is 20.2. The van der Waals surface area contributed by atoms with Crippen LogP contribution in [0.5, 0.6) is 0 Å². The molecule has 4 rings (SSSR count). The Morgan fingerprint density at radius 3 is 1.90 bits per heavy atom. The van der Waals surface area contributed by atoms with Gasteiger partial charge in [-0.1, -0.05) is 59.7 Å². The van der Waals surface area contributed by atoms with Gasteiger partial charge >= 0.3 is 16.4 Å². The van der Waals surface area contributed by atoms with Gasteiger partial charge in [0.25, 0.3) is 0 Å². The summed E-state index contributed by atoms with van der Waals surface area (Å²) in [6.07, 6.45) is 1.57. The molecule has 1 fully saturated rings. The second-order valence-electron chi connectivity index (χ2n) is 9.07. The van der Waals surface area contributed by atoms with Crippen molar-refractivity contribution in [3.8, 4) is 5.69 Å². The summed E-state index contributed by atoms with van der Waals surface area (Å²) in [5, 5.41) is 4.87. The van der Waals surface area contributed by atoms with E-state index in [1.807, 2.05) is 6.07 Å². The molecule has 2 atom stereocenters. The van der Waals surface area contributed by atoms with Gasteiger partial charge in [0, 0.05) is 11.8 Å². The number of para-hydroxylation sites is 1. The number of hydrogen-bond acceptors (Lipinski definition) is 8. The normalized spacial score (nSPS) is 17.8. The van der Waals surface area contributed by atoms with Crippen LogP contribution in [0.15, 0.2) is 36.5 Å². The Morgan fingerprint density at radius 1 is 1.00 bits per heavy atom. The van der Waals surface area contributed by atoms with Crippen LogP contribution in [0, 0.1) is 0 Å². The van der Waals surface area contributed by atoms with Gasteiger partial charge in [0.1, 0.15) is 11.7 Å². The number of hydrogen-bond donors (Lipinski definition) is 2. The maximum absolute atomic E-state index is 12.4. The summed E-state index contributed by atoms with van der Waals surface area (Å²) < 4.78 is 37.0. The fraction of sp³-hybridized carbons (Fsp3) is 0.577. The third-order valence-electron chi connectivity index (χ3n) is 6.94. The van der Waals surface area contributed by atoms with Crippen molar-refractivity contribution in [1.82, 2.24) is 29.5 Å². The van der Waals surface area contributed by atoms with Gasteiger partial charge in [0.15, 0.2) is 6.04 Å². The highest BCUT2D eigenvalue weighted by molar-refractivity contribution is 7.80. The number of nitrogens with two attached hydrogens (primary N) is 1. The first-order valence-electron chi connectivity index (χ1n) is 13.6. The van der Waals surface area contributed by atoms with Crippen molar-refractivity contribution in [2.45, 2.75) is 53.6 Å². The number of nitrogens with zero attached hydrogens (tertiary/aromatic N) is 6. The van der Waals surface area contributed by atoms with Crippen molar-refractivity contribution in [1.29, 1.82) is 0 Å². The lowest BCUT2D eigenvalue weighted by atomic mass is 9.98. The van der Waals surface area contributed by atoms with E-state index in [0.717, 1.165) is 4.90 Å². The molecule has 13 nitrogen and oxygen atoms in total. The quantitative estimate of drug-likeness (QED) is 0.403. The molecule has 3 N–H and O–H groups in total. The number of carbonyl (C=O) groups is 2. The first-order chi connectivity index (χ1) is 19.0. The molecule has 0 spiro atoms. The van der Waals surface area contributed by atoms with Crippen LogP contribution < -0.4 is 5.73 Å². The van der Waals surface area contributed by atoms with Crippen LogP contribution in [0.1, 0.15) is 64.9 Å². The Bertz CT molecular complexity index is 1180. The van der Waals surface area contributed by atoms with Crippen LogP contribution >= 0.6 is 0 Å². The lowest BCUT2D eigenvalue weighted by Crippen LogP contribution is -2.41. The molecule has 1 saturated heterocycles. The summed E-state index contributed by atoms with van der Waals surface area (Å²) >= 11 is 0. The van der Waals surface area contributed by atoms with E-state index >= 15 is 0 Å². The van der Waals surface area contributed by atoms with Gasteiger partial charge in [-0.2, -0.15) is 18.6 Å². The Labute approximate surface area is 237 Å². The fourth-order valence-corrected chi connectivity index (χ4v) is 4.96. The summed E-state index contributed by atoms with van der Waals surface area (Å²) in [7, 11) is -4.93. The van der Waals surface area contributed by atoms with Gasteiger partial charge in [0.05, 0.1) is 12.2 Å². The maximum atomic E-state index is 12.4. The predicted octanol–water partition coefficient (Wildman–Crippen LogP) is 2.62. The molecule has 0 saturated carbocycles. The van der Waals surface area contributed by atoms with E-state index in [1.54, 1.807) is 30.5 Å². The number of fused-ring (bicyclic) bond motifs is 4. The molecule has 2 aromatic rings. The monoisotopic (exact) mass is 581 g/mol. The van der Waals surface area contributed by atoms with Gasteiger partial charge in [0.2, 0.25) is 5.91 Å². The van der Waals surface area contributed by atoms with E-state index in [-0.39, 0.29) is 12.2 Å². The topological polar surface area (TPSA) is 155 Å². The highest BCUT2D eigenvalue weighted by Crippen LogP contribution is 2.43. The van der Waals surface area contributed by atoms with Crippen molar-refractivity contribution < 1.29 is 26.8 Å². The molecule has 3 heterocycles. The maximum Gasteiger partial charge on any atom is 0.418 e. The first-order valence-corrected chi connectivity index (χ1v) is 15.0. The third-order valence-corrected chi connectivity index (χ3v) is 7.29. The zero-order valence-corrected chi connectivity index (χ0v) is 25.0. The van der Waals surface area contributed by atoms with Crippen LogP contribution in [-0.2, 0) is 19.5 Å². The molecule has 2 aliphatic rings. The molecule has 224 valence electrons. The largest absolute Gasteiger partial charge is 0.418 e. The SMILES string of the molecule is CCN(CC)CC.CCN(CC)CC.NC(=O)[C@@H]1c2nn(-c3ccccc3)cc2[C@H]2CN1C(=O)N2OS(=O)(=O)O. The van der Waals surface area contributed by atoms with E-state index in [0.29, 0.717) is 16.3 Å². The van der Waals surface area contributed by atoms with Crippen molar-refractivity contribution in [2.24, 2.45) is 5.73 Å². The predicted molar refractivity (Wildman–Crippen MR) is 152 cm³/mol. The number of urea groups is 1. The van der Waals surface area contributed by atoms with Gasteiger partial charge in [-0.05, 0) is 51.4 Å². The van der Waals surface area contributed by atoms with Gasteiger partial charge in [-0.3, -0.25) is 9.35 Å². The van der Waals surface area contributed by atoms with E-state index in [1.165, 1.54) is 44.0 Å². The molecule has 0 unspecified atom stereocenters. The molecule has 2 aliphatic heterocycles. The van der Waals surface area contributed by atoms with Crippen molar-refractivity contribution in [2.75, 3.05) is 45.8 Å². The van der Waals surface area contributed by atoms with Gasteiger partial charge in [-0.25, -0.2) is 9.48 Å². The highest BCUT2D eigenvalue weighted by Gasteiger charge is 2.53. The Balaban J connectivity index is 0.000000333. The minimum absolute atomic E-state index is 0.0323. The lowest BCUT2D eigenvalue weighted by molar-refractivity contribution is -0.122. The van der Waals surface area contributed by atoms with E-state index in [9.17, 15) is 18.0 Å². The molecular formula is C26H43N7O6S. The molecule has 14 heteroatoms. The zero-order chi connectivity index (χ0) is 30.0. The number of rotatable bonds is 10. The summed E-state index contributed by atoms with van der Waals surface area (Å²) in [4.78, 5) is 30.2. The van der Waals surface area contributed by atoms with Crippen molar-refractivity contribution >= 4 is 22.3 Å². The number of primary amides is 1. The zero-order valence-electron chi connectivity index (χ0n) is 24.2. The number of aromatic nitrogens is 2. The minimum atomic E-state index is -4.93. The average Bonchev–Trinajstić information content (AvgIpc) is 3.48. The third kappa shape index (κ3) is 8.24. The van der Waals surface area contributed by atoms with E-state index in [2.05, 4.69) is 60.7 Å². The molecule has 1 aromatic carbocycles. The lowest BCUT2D eigenvalue weighted by Gasteiger charge is -2.26. The smallest absolute Gasteiger partial charge is 0.368 e. The molecule has 0 aliphatic carbocycles. The highest BCUT2D eigenvalue weighted by atomic mass is 32.3. The van der Waals surface area contributed by atoms with Crippen molar-refractivity contribution in [3.05, 3.63) is 47.8 Å². The fourth-order valence-electron chi connectivity index (χ4n) is 4.58. The summed E-state index contributed by atoms with van der Waals surface area (Å²) in [6, 6.07) is 6.06. The standard InChI is InChI=1S/C14H13N5O6S.2C6H15N/c15-13(20)12-11-9(6-18(16-11)8-4-2-1-3-5-8)10-7-17(12)14(21)19(10)25-26(22,23)24;2*1-4-7(5-2)6-3/h1-6,10,12H,7H2,(H2,15,20)(H,22,23,24);2*4-6H2,1-3H3/t10-,12+;;/m1../s1. The van der Waals surface area contributed by atoms with Crippen LogP contribution in [0.25, 0.3) is 5.69 Å². The Kier molecular flexibility index (Phi) is 12.5. The molecule has 1 aromatic heterocycles. The van der Waals surface area contributed by atoms with E-state index < -0.39 is 34.4 Å². The van der Waals surface area contributed by atoms with Crippen LogP contribution in [0.2, 0.25) is 0 Å². The van der Waals surface area contributed by atoms with Gasteiger partial charge < -0.3 is 20.4 Å². The average molecular weight is 582 g/mol. The second kappa shape index (κ2) is 15.1. The van der Waals surface area contributed by atoms with E-state index in [4.69, 9.17) is 10.3 Å². The van der Waals surface area contributed by atoms with Gasteiger partial charge in [-0.15, -0.1) is 4.28 Å². The second-order valence-corrected chi connectivity index (χ2v) is 10.1. The minimum Gasteiger partial charge on any atom is -0.368 e. The van der Waals surface area contributed by atoms with Crippen LogP contribution in [0.4, 0.5) is 4.79 Å². The first kappa shape index (κ1) is 33.2. The number of benzene rings is 1. The van der Waals surface area contributed by atoms with Crippen LogP contribution in [-0.4, -0.2) is 100 Å². The van der Waals surface area contributed by atoms with Crippen molar-refractivity contribution in [3.63, 3.8) is 0 Å². The molecule has 2 bridgehead atoms. The summed E-state index contributed by atoms with van der Waals surface area (Å²) in [5.41, 5.74) is 6.77. The Morgan fingerprint density at radius 2 is 1.50 bits per heavy atom. The molecular weight excluding hydrogens is 538 g/mol. The summed E-state index contributed by atoms with van der Waals surface area (Å²) in [5.74, 6) is -0.815. The molecule has 0 radical (unpaired) electrons. The number of hydroxylamine groups is 2. The molecule has 40 heavy (non-hydrogen) atoms.